The largest absolute Gasteiger partial charge is 0.444 e. The lowest BCUT2D eigenvalue weighted by molar-refractivity contribution is 0.0404. The number of carbonyl (C=O) groups is 1. The number of hydrogen-bond acceptors (Lipinski definition) is 3. The van der Waals surface area contributed by atoms with E-state index in [1.54, 1.807) is 4.90 Å². The maximum atomic E-state index is 11.7. The third-order valence-corrected chi connectivity index (χ3v) is 3.37. The van der Waals surface area contributed by atoms with Gasteiger partial charge in [-0.15, -0.1) is 0 Å². The zero-order chi connectivity index (χ0) is 10.7. The summed E-state index contributed by atoms with van der Waals surface area (Å²) in [6, 6.07) is 0.0466. The van der Waals surface area contributed by atoms with Gasteiger partial charge in [0.25, 0.3) is 0 Å². The fourth-order valence-electron chi connectivity index (χ4n) is 2.38. The molecule has 2 atom stereocenters. The molecule has 86 valence electrons. The minimum atomic E-state index is -0.158. The van der Waals surface area contributed by atoms with E-state index in [9.17, 15) is 4.79 Å². The molecule has 4 nitrogen and oxygen atoms in total. The van der Waals surface area contributed by atoms with Crippen molar-refractivity contribution in [2.24, 2.45) is 5.73 Å². The van der Waals surface area contributed by atoms with E-state index in [0.717, 1.165) is 45.2 Å². The molecule has 1 aliphatic heterocycles. The number of nitrogens with zero attached hydrogens (tertiary/aromatic N) is 1. The van der Waals surface area contributed by atoms with Crippen LogP contribution >= 0.6 is 0 Å². The molecule has 1 aliphatic carbocycles. The number of rotatable bonds is 1. The SMILES string of the molecule is N[C@@H]1CCCC[C@H]1OC(=O)N1CCCC1. The highest BCUT2D eigenvalue weighted by atomic mass is 16.6. The lowest BCUT2D eigenvalue weighted by Gasteiger charge is -2.29. The van der Waals surface area contributed by atoms with Crippen LogP contribution in [-0.4, -0.2) is 36.2 Å². The molecule has 2 aliphatic rings. The van der Waals surface area contributed by atoms with E-state index in [1.807, 2.05) is 0 Å². The molecule has 0 aromatic rings. The first-order valence-electron chi connectivity index (χ1n) is 5.98. The van der Waals surface area contributed by atoms with Gasteiger partial charge in [-0.3, -0.25) is 0 Å². The van der Waals surface area contributed by atoms with Crippen LogP contribution in [0, 0.1) is 0 Å². The molecular weight excluding hydrogens is 192 g/mol. The number of carbonyl (C=O) groups excluding carboxylic acids is 1. The lowest BCUT2D eigenvalue weighted by atomic mass is 9.93. The highest BCUT2D eigenvalue weighted by molar-refractivity contribution is 5.68. The Kier molecular flexibility index (Phi) is 3.46. The highest BCUT2D eigenvalue weighted by Crippen LogP contribution is 2.21. The Morgan fingerprint density at radius 1 is 1.13 bits per heavy atom. The number of amides is 1. The minimum absolute atomic E-state index is 0.0466. The fourth-order valence-corrected chi connectivity index (χ4v) is 2.38. The second kappa shape index (κ2) is 4.84. The maximum absolute atomic E-state index is 11.7. The average molecular weight is 212 g/mol. The van der Waals surface area contributed by atoms with E-state index in [4.69, 9.17) is 10.5 Å². The average Bonchev–Trinajstić information content (AvgIpc) is 2.74. The third kappa shape index (κ3) is 2.62. The Balaban J connectivity index is 1.81. The first kappa shape index (κ1) is 10.7. The fraction of sp³-hybridized carbons (Fsp3) is 0.909. The molecule has 0 aromatic heterocycles. The zero-order valence-electron chi connectivity index (χ0n) is 9.15. The molecule has 0 unspecified atom stereocenters. The summed E-state index contributed by atoms with van der Waals surface area (Å²) >= 11 is 0. The molecule has 1 amide bonds. The predicted octanol–water partition coefficient (Wildman–Crippen LogP) is 1.49. The van der Waals surface area contributed by atoms with Crippen molar-refractivity contribution >= 4 is 6.09 Å². The number of likely N-dealkylation sites (tertiary alicyclic amines) is 1. The summed E-state index contributed by atoms with van der Waals surface area (Å²) in [7, 11) is 0. The van der Waals surface area contributed by atoms with Crippen LogP contribution in [0.15, 0.2) is 0 Å². The van der Waals surface area contributed by atoms with Gasteiger partial charge in [0, 0.05) is 19.1 Å². The molecule has 2 fully saturated rings. The van der Waals surface area contributed by atoms with Crippen LogP contribution in [0.4, 0.5) is 4.79 Å². The number of hydrogen-bond donors (Lipinski definition) is 1. The van der Waals surface area contributed by atoms with Crippen molar-refractivity contribution in [3.8, 4) is 0 Å². The van der Waals surface area contributed by atoms with Crippen LogP contribution in [0.5, 0.6) is 0 Å². The molecule has 2 N–H and O–H groups in total. The second-order valence-corrected chi connectivity index (χ2v) is 4.56. The Morgan fingerprint density at radius 3 is 2.47 bits per heavy atom. The Hall–Kier alpha value is -0.770. The first-order valence-corrected chi connectivity index (χ1v) is 5.98. The molecule has 0 radical (unpaired) electrons. The smallest absolute Gasteiger partial charge is 0.410 e. The van der Waals surface area contributed by atoms with Gasteiger partial charge >= 0.3 is 6.09 Å². The first-order chi connectivity index (χ1) is 7.27. The van der Waals surface area contributed by atoms with E-state index >= 15 is 0 Å². The van der Waals surface area contributed by atoms with Gasteiger partial charge in [-0.2, -0.15) is 0 Å². The van der Waals surface area contributed by atoms with Crippen LogP contribution in [0.1, 0.15) is 38.5 Å². The van der Waals surface area contributed by atoms with Gasteiger partial charge in [-0.05, 0) is 32.1 Å². The van der Waals surface area contributed by atoms with E-state index < -0.39 is 0 Å². The van der Waals surface area contributed by atoms with Gasteiger partial charge in [0.15, 0.2) is 0 Å². The van der Waals surface area contributed by atoms with Crippen molar-refractivity contribution in [3.05, 3.63) is 0 Å². The second-order valence-electron chi connectivity index (χ2n) is 4.56. The summed E-state index contributed by atoms with van der Waals surface area (Å²) in [5.74, 6) is 0. The van der Waals surface area contributed by atoms with Gasteiger partial charge < -0.3 is 15.4 Å². The van der Waals surface area contributed by atoms with Gasteiger partial charge in [0.05, 0.1) is 0 Å². The van der Waals surface area contributed by atoms with Crippen LogP contribution in [0.3, 0.4) is 0 Å². The normalized spacial score (nSPS) is 31.7. The van der Waals surface area contributed by atoms with Crippen LogP contribution in [-0.2, 0) is 4.74 Å². The van der Waals surface area contributed by atoms with E-state index in [1.165, 1.54) is 6.42 Å². The number of nitrogens with two attached hydrogens (primary N) is 1. The molecule has 1 saturated heterocycles. The Labute approximate surface area is 90.8 Å². The summed E-state index contributed by atoms with van der Waals surface area (Å²) < 4.78 is 5.45. The predicted molar refractivity (Wildman–Crippen MR) is 57.5 cm³/mol. The topological polar surface area (TPSA) is 55.6 Å². The van der Waals surface area contributed by atoms with Crippen molar-refractivity contribution in [1.82, 2.24) is 4.90 Å². The van der Waals surface area contributed by atoms with Crippen molar-refractivity contribution in [2.75, 3.05) is 13.1 Å². The summed E-state index contributed by atoms with van der Waals surface area (Å²) in [6.07, 6.45) is 6.21. The van der Waals surface area contributed by atoms with E-state index in [-0.39, 0.29) is 18.2 Å². The van der Waals surface area contributed by atoms with Crippen molar-refractivity contribution in [2.45, 2.75) is 50.7 Å². The minimum Gasteiger partial charge on any atom is -0.444 e. The molecule has 15 heavy (non-hydrogen) atoms. The molecule has 1 heterocycles. The summed E-state index contributed by atoms with van der Waals surface area (Å²) in [5.41, 5.74) is 5.93. The third-order valence-electron chi connectivity index (χ3n) is 3.37. The van der Waals surface area contributed by atoms with Crippen molar-refractivity contribution in [1.29, 1.82) is 0 Å². The van der Waals surface area contributed by atoms with Crippen LogP contribution < -0.4 is 5.73 Å². The van der Waals surface area contributed by atoms with Crippen LogP contribution in [0.25, 0.3) is 0 Å². The quantitative estimate of drug-likeness (QED) is 0.716. The molecule has 1 saturated carbocycles. The van der Waals surface area contributed by atoms with Gasteiger partial charge in [0.2, 0.25) is 0 Å². The van der Waals surface area contributed by atoms with Crippen LogP contribution in [0.2, 0.25) is 0 Å². The monoisotopic (exact) mass is 212 g/mol. The van der Waals surface area contributed by atoms with Gasteiger partial charge in [-0.1, -0.05) is 6.42 Å². The zero-order valence-corrected chi connectivity index (χ0v) is 9.15. The summed E-state index contributed by atoms with van der Waals surface area (Å²) in [4.78, 5) is 13.5. The van der Waals surface area contributed by atoms with E-state index in [2.05, 4.69) is 0 Å². The lowest BCUT2D eigenvalue weighted by Crippen LogP contribution is -2.43. The van der Waals surface area contributed by atoms with Crippen molar-refractivity contribution in [3.63, 3.8) is 0 Å². The van der Waals surface area contributed by atoms with Gasteiger partial charge in [0.1, 0.15) is 6.10 Å². The Morgan fingerprint density at radius 2 is 1.80 bits per heavy atom. The van der Waals surface area contributed by atoms with Crippen molar-refractivity contribution < 1.29 is 9.53 Å². The standard InChI is InChI=1S/C11H20N2O2/c12-9-5-1-2-6-10(9)15-11(14)13-7-3-4-8-13/h9-10H,1-8,12H2/t9-,10-/m1/s1. The van der Waals surface area contributed by atoms with E-state index in [0.29, 0.717) is 0 Å². The molecular formula is C11H20N2O2. The summed E-state index contributed by atoms with van der Waals surface area (Å²) in [5, 5.41) is 0. The Bertz CT molecular complexity index is 227. The molecule has 4 heteroatoms. The molecule has 0 bridgehead atoms. The van der Waals surface area contributed by atoms with Gasteiger partial charge in [-0.25, -0.2) is 4.79 Å². The molecule has 0 spiro atoms. The highest BCUT2D eigenvalue weighted by Gasteiger charge is 2.28. The summed E-state index contributed by atoms with van der Waals surface area (Å²) in [6.45, 7) is 1.70. The molecule has 2 rings (SSSR count). The number of ether oxygens (including phenoxy) is 1. The molecule has 0 aromatic carbocycles. The maximum Gasteiger partial charge on any atom is 0.410 e.